The first kappa shape index (κ1) is 20.5. The number of hydrogen-bond donors (Lipinski definition) is 2. The first-order valence-electron chi connectivity index (χ1n) is 10.7. The number of fused-ring (bicyclic) bond motifs is 6. The molecule has 0 saturated heterocycles. The van der Waals surface area contributed by atoms with Gasteiger partial charge in [0.05, 0.1) is 5.52 Å². The van der Waals surface area contributed by atoms with Crippen LogP contribution in [0.25, 0.3) is 32.4 Å². The number of aryl methyl sites for hydroxylation is 1. The van der Waals surface area contributed by atoms with Crippen LogP contribution < -0.4 is 4.72 Å². The number of pyridine rings is 2. The third-order valence-electron chi connectivity index (χ3n) is 6.03. The largest absolute Gasteiger partial charge is 0.264 e. The summed E-state index contributed by atoms with van der Waals surface area (Å²) in [5.41, 5.74) is 3.43. The minimum absolute atomic E-state index is 0.0827. The monoisotopic (exact) mass is 441 g/mol. The fraction of sp³-hybridized carbons (Fsp3) is 0.154. The van der Waals surface area contributed by atoms with Crippen molar-refractivity contribution in [3.63, 3.8) is 0 Å². The molecule has 6 rings (SSSR count). The number of thiol groups is 1. The lowest BCUT2D eigenvalue weighted by Crippen LogP contribution is -2.24. The molecule has 1 aliphatic rings. The topological polar surface area (TPSA) is 72.0 Å². The molecule has 0 fully saturated rings. The second kappa shape index (κ2) is 9.02. The standard InChI is InChI=1S/C18H17NO2S.C8H6N2/c20-22(21)19-18-7-3-6-14-16-9-8-12-4-1-2-5-13(12)15(16)10-11-17(14)18;1-2-7-6-9-5-3-8(7)10-4-1/h1-2,4-5,8-11,18,22H,3,6-7H2,(H,19,20,21);1-6H. The summed E-state index contributed by atoms with van der Waals surface area (Å²) >= 11 is 0. The first-order valence-corrected chi connectivity index (χ1v) is 11.9. The molecule has 1 aliphatic carbocycles. The SMILES string of the molecule is O=[SH](=O)NC1CCCc2c1ccc1c2ccc2ccccc21.c1cnc2ccncc2c1. The van der Waals surface area contributed by atoms with Gasteiger partial charge in [0.15, 0.2) is 0 Å². The van der Waals surface area contributed by atoms with Crippen LogP contribution in [0.15, 0.2) is 85.3 Å². The zero-order valence-corrected chi connectivity index (χ0v) is 18.3. The second-order valence-corrected chi connectivity index (χ2v) is 8.69. The number of nitrogens with one attached hydrogen (secondary N) is 1. The van der Waals surface area contributed by atoms with Crippen molar-refractivity contribution >= 4 is 43.3 Å². The van der Waals surface area contributed by atoms with Gasteiger partial charge >= 0.3 is 0 Å². The lowest BCUT2D eigenvalue weighted by molar-refractivity contribution is 0.519. The Morgan fingerprint density at radius 2 is 1.66 bits per heavy atom. The molecule has 0 bridgehead atoms. The van der Waals surface area contributed by atoms with Crippen molar-refractivity contribution in [3.8, 4) is 0 Å². The van der Waals surface area contributed by atoms with Gasteiger partial charge < -0.3 is 0 Å². The predicted molar refractivity (Wildman–Crippen MR) is 130 cm³/mol. The van der Waals surface area contributed by atoms with Crippen LogP contribution in [0.3, 0.4) is 0 Å². The van der Waals surface area contributed by atoms with Crippen molar-refractivity contribution < 1.29 is 8.42 Å². The van der Waals surface area contributed by atoms with Gasteiger partial charge in [-0.1, -0.05) is 48.5 Å². The Bertz CT molecular complexity index is 1420. The van der Waals surface area contributed by atoms with Crippen LogP contribution in [-0.2, 0) is 17.3 Å². The summed E-state index contributed by atoms with van der Waals surface area (Å²) in [6.07, 6.45) is 8.23. The highest BCUT2D eigenvalue weighted by atomic mass is 32.2. The normalized spacial score (nSPS) is 15.5. The van der Waals surface area contributed by atoms with E-state index in [1.54, 1.807) is 12.4 Å². The smallest absolute Gasteiger partial charge is 0.201 e. The van der Waals surface area contributed by atoms with Gasteiger partial charge in [-0.15, -0.1) is 0 Å². The summed E-state index contributed by atoms with van der Waals surface area (Å²) < 4.78 is 24.8. The van der Waals surface area contributed by atoms with Gasteiger partial charge in [-0.2, -0.15) is 0 Å². The molecule has 2 heterocycles. The molecule has 2 aromatic heterocycles. The average molecular weight is 442 g/mol. The summed E-state index contributed by atoms with van der Waals surface area (Å²) in [6.45, 7) is 0. The van der Waals surface area contributed by atoms with E-state index in [9.17, 15) is 8.42 Å². The Morgan fingerprint density at radius 1 is 0.812 bits per heavy atom. The Hall–Kier alpha value is -3.35. The molecule has 5 nitrogen and oxygen atoms in total. The van der Waals surface area contributed by atoms with E-state index in [1.807, 2.05) is 24.4 Å². The van der Waals surface area contributed by atoms with Gasteiger partial charge in [0, 0.05) is 30.0 Å². The molecule has 0 radical (unpaired) electrons. The van der Waals surface area contributed by atoms with Crippen LogP contribution in [-0.4, -0.2) is 18.4 Å². The molecule has 32 heavy (non-hydrogen) atoms. The summed E-state index contributed by atoms with van der Waals surface area (Å²) in [4.78, 5) is 8.11. The number of benzene rings is 3. The lowest BCUT2D eigenvalue weighted by atomic mass is 9.84. The Balaban J connectivity index is 0.000000180. The third kappa shape index (κ3) is 4.07. The maximum Gasteiger partial charge on any atom is 0.201 e. The molecule has 0 saturated carbocycles. The van der Waals surface area contributed by atoms with Gasteiger partial charge in [0.2, 0.25) is 10.9 Å². The average Bonchev–Trinajstić information content (AvgIpc) is 2.84. The van der Waals surface area contributed by atoms with Gasteiger partial charge in [-0.05, 0) is 70.1 Å². The lowest BCUT2D eigenvalue weighted by Gasteiger charge is -2.26. The number of aromatic nitrogens is 2. The van der Waals surface area contributed by atoms with Crippen LogP contribution in [0.5, 0.6) is 0 Å². The molecule has 1 unspecified atom stereocenters. The van der Waals surface area contributed by atoms with Crippen LogP contribution >= 0.6 is 0 Å². The number of rotatable bonds is 2. The van der Waals surface area contributed by atoms with Gasteiger partial charge in [-0.25, -0.2) is 13.1 Å². The molecular weight excluding hydrogens is 418 g/mol. The third-order valence-corrected chi connectivity index (χ3v) is 6.56. The maximum atomic E-state index is 11.0. The fourth-order valence-corrected chi connectivity index (χ4v) is 5.11. The Labute approximate surface area is 188 Å². The Morgan fingerprint density at radius 3 is 2.53 bits per heavy atom. The summed E-state index contributed by atoms with van der Waals surface area (Å²) in [5.74, 6) is 0. The molecule has 1 atom stereocenters. The van der Waals surface area contributed by atoms with E-state index >= 15 is 0 Å². The first-order chi connectivity index (χ1) is 15.7. The summed E-state index contributed by atoms with van der Waals surface area (Å²) in [6, 6.07) is 22.7. The number of nitrogens with zero attached hydrogens (tertiary/aromatic N) is 2. The molecule has 160 valence electrons. The van der Waals surface area contributed by atoms with Crippen LogP contribution in [0.2, 0.25) is 0 Å². The van der Waals surface area contributed by atoms with Crippen molar-refractivity contribution in [2.45, 2.75) is 25.3 Å². The van der Waals surface area contributed by atoms with E-state index < -0.39 is 10.9 Å². The molecule has 0 amide bonds. The van der Waals surface area contributed by atoms with Crippen LogP contribution in [0.4, 0.5) is 0 Å². The van der Waals surface area contributed by atoms with E-state index in [0.29, 0.717) is 0 Å². The predicted octanol–water partition coefficient (Wildman–Crippen LogP) is 5.12. The van der Waals surface area contributed by atoms with Crippen molar-refractivity contribution in [2.24, 2.45) is 0 Å². The van der Waals surface area contributed by atoms with Crippen LogP contribution in [0, 0.1) is 0 Å². The van der Waals surface area contributed by atoms with Crippen molar-refractivity contribution in [3.05, 3.63) is 96.4 Å². The summed E-state index contributed by atoms with van der Waals surface area (Å²) in [7, 11) is -2.57. The zero-order chi connectivity index (χ0) is 21.9. The molecule has 6 heteroatoms. The van der Waals surface area contributed by atoms with E-state index in [-0.39, 0.29) is 6.04 Å². The van der Waals surface area contributed by atoms with E-state index in [0.717, 1.165) is 35.7 Å². The van der Waals surface area contributed by atoms with E-state index in [2.05, 4.69) is 63.2 Å². The zero-order valence-electron chi connectivity index (χ0n) is 17.4. The van der Waals surface area contributed by atoms with Gasteiger partial charge in [-0.3, -0.25) is 9.97 Å². The quantitative estimate of drug-likeness (QED) is 0.295. The molecular formula is C26H23N3O2S. The minimum atomic E-state index is -2.57. The molecule has 1 N–H and O–H groups in total. The molecule has 5 aromatic rings. The van der Waals surface area contributed by atoms with Crippen LogP contribution in [0.1, 0.15) is 30.0 Å². The van der Waals surface area contributed by atoms with Gasteiger partial charge in [0.1, 0.15) is 0 Å². The van der Waals surface area contributed by atoms with Crippen molar-refractivity contribution in [1.82, 2.24) is 14.7 Å². The summed E-state index contributed by atoms with van der Waals surface area (Å²) in [5, 5.41) is 6.09. The molecule has 3 aromatic carbocycles. The van der Waals surface area contributed by atoms with Gasteiger partial charge in [0.25, 0.3) is 0 Å². The molecule has 0 spiro atoms. The molecule has 0 aliphatic heterocycles. The highest BCUT2D eigenvalue weighted by molar-refractivity contribution is 7.70. The Kier molecular flexibility index (Phi) is 5.79. The fourth-order valence-electron chi connectivity index (χ4n) is 4.59. The van der Waals surface area contributed by atoms with Crippen molar-refractivity contribution in [2.75, 3.05) is 0 Å². The second-order valence-electron chi connectivity index (χ2n) is 7.92. The minimum Gasteiger partial charge on any atom is -0.264 e. The van der Waals surface area contributed by atoms with Crippen molar-refractivity contribution in [1.29, 1.82) is 0 Å². The number of hydrogen-bond acceptors (Lipinski definition) is 4. The highest BCUT2D eigenvalue weighted by Gasteiger charge is 2.22. The highest BCUT2D eigenvalue weighted by Crippen LogP contribution is 2.37. The van der Waals surface area contributed by atoms with E-state index in [1.165, 1.54) is 27.1 Å². The van der Waals surface area contributed by atoms with E-state index in [4.69, 9.17) is 0 Å². The maximum absolute atomic E-state index is 11.0.